The molecule has 222 valence electrons. The molecule has 2 saturated heterocycles. The number of carbonyl (C=O) groups is 2. The van der Waals surface area contributed by atoms with E-state index in [9.17, 15) is 9.59 Å². The van der Waals surface area contributed by atoms with E-state index in [1.807, 2.05) is 61.5 Å². The first-order valence-corrected chi connectivity index (χ1v) is 14.6. The third-order valence-electron chi connectivity index (χ3n) is 7.68. The van der Waals surface area contributed by atoms with Crippen LogP contribution >= 0.6 is 0 Å². The maximum atomic E-state index is 14.0. The van der Waals surface area contributed by atoms with Gasteiger partial charge < -0.3 is 23.8 Å². The van der Waals surface area contributed by atoms with Gasteiger partial charge in [0.1, 0.15) is 28.9 Å². The van der Waals surface area contributed by atoms with Crippen molar-refractivity contribution in [2.24, 2.45) is 0 Å². The highest BCUT2D eigenvalue weighted by Gasteiger charge is 2.40. The van der Waals surface area contributed by atoms with Crippen LogP contribution in [0.15, 0.2) is 24.4 Å². The molecule has 41 heavy (non-hydrogen) atoms. The van der Waals surface area contributed by atoms with Crippen molar-refractivity contribution in [2.45, 2.75) is 97.4 Å². The Kier molecular flexibility index (Phi) is 7.70. The summed E-state index contributed by atoms with van der Waals surface area (Å²) in [6.45, 7) is 17.7. The molecule has 0 spiro atoms. The number of fused-ring (bicyclic) bond motifs is 2. The van der Waals surface area contributed by atoms with Gasteiger partial charge in [-0.3, -0.25) is 0 Å². The standard InChI is InChI=1S/C32H43N3O6/c1-19-15-22(23-17-34(18-23)29(36)40-31(3,4)5)16-25-27(19)39-20(2)26-24(21-10-13-38-14-11-21)9-12-33-28(26)35(25)30(37)41-32(6,7)8/h9,12,15-16,20-21,23H,10-11,13-14,17-18H2,1-8H3. The van der Waals surface area contributed by atoms with E-state index in [0.717, 1.165) is 35.1 Å². The molecule has 0 bridgehead atoms. The minimum absolute atomic E-state index is 0.105. The van der Waals surface area contributed by atoms with Crippen molar-refractivity contribution in [3.63, 3.8) is 0 Å². The van der Waals surface area contributed by atoms with Crippen molar-refractivity contribution in [2.75, 3.05) is 31.2 Å². The first-order chi connectivity index (χ1) is 19.2. The van der Waals surface area contributed by atoms with Crippen LogP contribution in [0.5, 0.6) is 5.75 Å². The van der Waals surface area contributed by atoms with Crippen molar-refractivity contribution < 1.29 is 28.5 Å². The van der Waals surface area contributed by atoms with Gasteiger partial charge in [0, 0.05) is 44.0 Å². The lowest BCUT2D eigenvalue weighted by Crippen LogP contribution is -2.50. The maximum Gasteiger partial charge on any atom is 0.420 e. The van der Waals surface area contributed by atoms with Gasteiger partial charge in [-0.05, 0) is 103 Å². The number of hydrogen-bond donors (Lipinski definition) is 0. The maximum absolute atomic E-state index is 14.0. The first kappa shape index (κ1) is 29.2. The molecular formula is C32H43N3O6. The highest BCUT2D eigenvalue weighted by molar-refractivity contribution is 5.99. The van der Waals surface area contributed by atoms with Crippen molar-refractivity contribution in [3.05, 3.63) is 46.6 Å². The predicted octanol–water partition coefficient (Wildman–Crippen LogP) is 7.14. The summed E-state index contributed by atoms with van der Waals surface area (Å²) in [5.74, 6) is 1.56. The molecule has 9 heteroatoms. The van der Waals surface area contributed by atoms with E-state index < -0.39 is 17.3 Å². The number of hydrogen-bond acceptors (Lipinski definition) is 7. The molecule has 0 N–H and O–H groups in total. The molecule has 1 aromatic carbocycles. The van der Waals surface area contributed by atoms with Gasteiger partial charge in [-0.2, -0.15) is 0 Å². The Labute approximate surface area is 243 Å². The summed E-state index contributed by atoms with van der Waals surface area (Å²) in [6, 6.07) is 6.14. The molecule has 3 aliphatic rings. The lowest BCUT2D eigenvalue weighted by molar-refractivity contribution is 0.00818. The van der Waals surface area contributed by atoms with Crippen LogP contribution in [-0.4, -0.2) is 59.6 Å². The van der Waals surface area contributed by atoms with Gasteiger partial charge in [-0.15, -0.1) is 0 Å². The molecule has 0 aliphatic carbocycles. The molecular weight excluding hydrogens is 522 g/mol. The first-order valence-electron chi connectivity index (χ1n) is 14.6. The van der Waals surface area contributed by atoms with E-state index in [4.69, 9.17) is 23.9 Å². The molecule has 2 amide bonds. The minimum Gasteiger partial charge on any atom is -0.483 e. The third-order valence-corrected chi connectivity index (χ3v) is 7.68. The molecule has 9 nitrogen and oxygen atoms in total. The van der Waals surface area contributed by atoms with Crippen LogP contribution in [-0.2, 0) is 14.2 Å². The summed E-state index contributed by atoms with van der Waals surface area (Å²) in [4.78, 5) is 34.6. The molecule has 1 unspecified atom stereocenters. The van der Waals surface area contributed by atoms with E-state index in [1.54, 1.807) is 16.0 Å². The number of likely N-dealkylation sites (tertiary alicyclic amines) is 1. The van der Waals surface area contributed by atoms with E-state index >= 15 is 0 Å². The second-order valence-corrected chi connectivity index (χ2v) is 13.4. The SMILES string of the molecule is Cc1cc(C2CN(C(=O)OC(C)(C)C)C2)cc2c1OC(C)c1c(C3CCOCC3)ccnc1N2C(=O)OC(C)(C)C. The fourth-order valence-corrected chi connectivity index (χ4v) is 5.78. The average molecular weight is 566 g/mol. The molecule has 5 rings (SSSR count). The topological polar surface area (TPSA) is 90.4 Å². The number of carbonyl (C=O) groups excluding carboxylic acids is 2. The van der Waals surface area contributed by atoms with Crippen LogP contribution in [0.3, 0.4) is 0 Å². The molecule has 2 aromatic rings. The number of nitrogens with zero attached hydrogens (tertiary/aromatic N) is 3. The summed E-state index contributed by atoms with van der Waals surface area (Å²) in [7, 11) is 0. The third kappa shape index (κ3) is 6.15. The minimum atomic E-state index is -0.705. The smallest absolute Gasteiger partial charge is 0.420 e. The Morgan fingerprint density at radius 3 is 2.22 bits per heavy atom. The number of aryl methyl sites for hydroxylation is 1. The molecule has 1 atom stereocenters. The Bertz CT molecular complexity index is 1320. The number of ether oxygens (including phenoxy) is 4. The summed E-state index contributed by atoms with van der Waals surface area (Å²) in [5.41, 5.74) is 3.33. The van der Waals surface area contributed by atoms with Crippen LogP contribution in [0.1, 0.15) is 102 Å². The molecule has 4 heterocycles. The van der Waals surface area contributed by atoms with Crippen molar-refractivity contribution in [1.29, 1.82) is 0 Å². The summed E-state index contributed by atoms with van der Waals surface area (Å²) < 4.78 is 23.8. The zero-order chi connectivity index (χ0) is 29.7. The molecule has 1 aromatic heterocycles. The average Bonchev–Trinajstić information content (AvgIpc) is 2.96. The normalized spacial score (nSPS) is 19.9. The number of amides is 2. The van der Waals surface area contributed by atoms with Crippen LogP contribution in [0.4, 0.5) is 21.1 Å². The van der Waals surface area contributed by atoms with E-state index in [1.165, 1.54) is 0 Å². The lowest BCUT2D eigenvalue weighted by Gasteiger charge is -2.40. The number of anilines is 2. The van der Waals surface area contributed by atoms with Gasteiger partial charge in [-0.25, -0.2) is 19.5 Å². The van der Waals surface area contributed by atoms with E-state index in [-0.39, 0.29) is 18.1 Å². The second-order valence-electron chi connectivity index (χ2n) is 13.4. The summed E-state index contributed by atoms with van der Waals surface area (Å²) in [5, 5.41) is 0. The van der Waals surface area contributed by atoms with Gasteiger partial charge in [0.05, 0.1) is 5.69 Å². The Hall–Kier alpha value is -3.33. The van der Waals surface area contributed by atoms with Crippen LogP contribution < -0.4 is 9.64 Å². The molecule has 0 saturated carbocycles. The van der Waals surface area contributed by atoms with Gasteiger partial charge in [0.15, 0.2) is 0 Å². The largest absolute Gasteiger partial charge is 0.483 e. The Balaban J connectivity index is 1.56. The monoisotopic (exact) mass is 565 g/mol. The van der Waals surface area contributed by atoms with E-state index in [2.05, 4.69) is 12.1 Å². The van der Waals surface area contributed by atoms with Gasteiger partial charge in [-0.1, -0.05) is 6.07 Å². The highest BCUT2D eigenvalue weighted by atomic mass is 16.6. The van der Waals surface area contributed by atoms with Crippen molar-refractivity contribution in [1.82, 2.24) is 9.88 Å². The van der Waals surface area contributed by atoms with Crippen molar-refractivity contribution in [3.8, 4) is 5.75 Å². The second kappa shape index (κ2) is 10.8. The fourth-order valence-electron chi connectivity index (χ4n) is 5.78. The van der Waals surface area contributed by atoms with Gasteiger partial charge in [0.2, 0.25) is 0 Å². The fraction of sp³-hybridized carbons (Fsp3) is 0.594. The molecule has 3 aliphatic heterocycles. The molecule has 2 fully saturated rings. The lowest BCUT2D eigenvalue weighted by atomic mass is 9.87. The Morgan fingerprint density at radius 2 is 1.59 bits per heavy atom. The Morgan fingerprint density at radius 1 is 0.951 bits per heavy atom. The van der Waals surface area contributed by atoms with Crippen LogP contribution in [0, 0.1) is 6.92 Å². The molecule has 0 radical (unpaired) electrons. The zero-order valence-corrected chi connectivity index (χ0v) is 25.6. The van der Waals surface area contributed by atoms with Crippen molar-refractivity contribution >= 4 is 23.7 Å². The number of benzene rings is 1. The number of rotatable bonds is 2. The highest BCUT2D eigenvalue weighted by Crippen LogP contribution is 2.49. The predicted molar refractivity (Wildman–Crippen MR) is 156 cm³/mol. The summed E-state index contributed by atoms with van der Waals surface area (Å²) in [6.07, 6.45) is 2.43. The number of aromatic nitrogens is 1. The van der Waals surface area contributed by atoms with Crippen LogP contribution in [0.25, 0.3) is 0 Å². The quantitative estimate of drug-likeness (QED) is 0.382. The zero-order valence-electron chi connectivity index (χ0n) is 25.6. The van der Waals surface area contributed by atoms with Gasteiger partial charge in [0.25, 0.3) is 0 Å². The van der Waals surface area contributed by atoms with Gasteiger partial charge >= 0.3 is 12.2 Å². The van der Waals surface area contributed by atoms with Crippen LogP contribution in [0.2, 0.25) is 0 Å². The number of pyridine rings is 1. The summed E-state index contributed by atoms with van der Waals surface area (Å²) >= 11 is 0. The van der Waals surface area contributed by atoms with E-state index in [0.29, 0.717) is 49.5 Å².